The van der Waals surface area contributed by atoms with E-state index in [9.17, 15) is 14.5 Å². The molecule has 0 radical (unpaired) electrons. The third-order valence-corrected chi connectivity index (χ3v) is 7.18. The van der Waals surface area contributed by atoms with Crippen LogP contribution in [-0.4, -0.2) is 42.9 Å². The second-order valence-corrected chi connectivity index (χ2v) is 11.0. The number of aliphatic hydroxyl groups excluding tert-OH is 1. The summed E-state index contributed by atoms with van der Waals surface area (Å²) in [4.78, 5) is 17.3. The van der Waals surface area contributed by atoms with E-state index in [2.05, 4.69) is 11.8 Å². The number of nitrogens with zero attached hydrogens (tertiary/aromatic N) is 2. The number of fused-ring (bicyclic) bond motifs is 1. The maximum absolute atomic E-state index is 13.4. The van der Waals surface area contributed by atoms with E-state index >= 15 is 0 Å². The number of aromatic nitrogens is 1. The zero-order valence-electron chi connectivity index (χ0n) is 20.0. The van der Waals surface area contributed by atoms with Gasteiger partial charge in [0, 0.05) is 41.1 Å². The maximum Gasteiger partial charge on any atom is 0.356 e. The first-order chi connectivity index (χ1) is 15.7. The molecule has 2 heterocycles. The summed E-state index contributed by atoms with van der Waals surface area (Å²) in [7, 11) is 0. The summed E-state index contributed by atoms with van der Waals surface area (Å²) in [6.45, 7) is 10.2. The molecule has 176 valence electrons. The molecule has 1 aliphatic heterocycles. The molecule has 2 atom stereocenters. The molecule has 0 saturated carbocycles. The van der Waals surface area contributed by atoms with Crippen LogP contribution in [0, 0.1) is 11.8 Å². The highest BCUT2D eigenvalue weighted by molar-refractivity contribution is 7.90. The van der Waals surface area contributed by atoms with Crippen LogP contribution in [0.5, 0.6) is 0 Å². The number of carbonyl (C=O) groups excluding carboxylic acids is 1. The number of aliphatic hydroxyl groups is 1. The molecular weight excluding hydrogens is 436 g/mol. The number of carbonyl (C=O) groups is 1. The second kappa shape index (κ2) is 10.7. The van der Waals surface area contributed by atoms with Crippen LogP contribution >= 0.6 is 0 Å². The Bertz CT molecular complexity index is 1070. The van der Waals surface area contributed by atoms with Crippen LogP contribution in [-0.2, 0) is 22.6 Å². The molecule has 3 rings (SSSR count). The van der Waals surface area contributed by atoms with Crippen molar-refractivity contribution in [3.05, 3.63) is 52.7 Å². The van der Waals surface area contributed by atoms with Gasteiger partial charge in [0.15, 0.2) is 0 Å². The van der Waals surface area contributed by atoms with E-state index in [0.29, 0.717) is 18.7 Å². The normalized spacial score (nSPS) is 16.6. The SMILES string of the molecule is CCC#Cc1cccc(-c2nc(C(=O)OCC)cc3c2[C@H](CCO)N([S+]([O-])C(C)(C)C)C3)c1. The Hall–Kier alpha value is -2.37. The summed E-state index contributed by atoms with van der Waals surface area (Å²) in [6.07, 6.45) is 1.17. The highest BCUT2D eigenvalue weighted by Crippen LogP contribution is 2.45. The molecule has 0 saturated heterocycles. The molecule has 0 aliphatic carbocycles. The van der Waals surface area contributed by atoms with Gasteiger partial charge >= 0.3 is 5.97 Å². The van der Waals surface area contributed by atoms with Crippen molar-refractivity contribution in [2.24, 2.45) is 0 Å². The van der Waals surface area contributed by atoms with Crippen LogP contribution in [0.4, 0.5) is 0 Å². The molecule has 0 fully saturated rings. The van der Waals surface area contributed by atoms with Crippen molar-refractivity contribution in [1.29, 1.82) is 0 Å². The van der Waals surface area contributed by atoms with E-state index in [-0.39, 0.29) is 24.9 Å². The van der Waals surface area contributed by atoms with Gasteiger partial charge in [-0.15, -0.1) is 4.31 Å². The van der Waals surface area contributed by atoms with Crippen molar-refractivity contribution in [1.82, 2.24) is 9.29 Å². The number of hydrogen-bond acceptors (Lipinski definition) is 6. The fourth-order valence-corrected chi connectivity index (χ4v) is 5.34. The van der Waals surface area contributed by atoms with Gasteiger partial charge in [-0.25, -0.2) is 9.78 Å². The Labute approximate surface area is 199 Å². The quantitative estimate of drug-likeness (QED) is 0.385. The highest BCUT2D eigenvalue weighted by Gasteiger charge is 2.44. The Balaban J connectivity index is 2.21. The number of benzene rings is 1. The van der Waals surface area contributed by atoms with Crippen LogP contribution in [0.2, 0.25) is 0 Å². The highest BCUT2D eigenvalue weighted by atomic mass is 32.2. The largest absolute Gasteiger partial charge is 0.597 e. The monoisotopic (exact) mass is 468 g/mol. The van der Waals surface area contributed by atoms with E-state index in [1.807, 2.05) is 56.3 Å². The van der Waals surface area contributed by atoms with E-state index in [0.717, 1.165) is 28.7 Å². The van der Waals surface area contributed by atoms with Gasteiger partial charge in [0.2, 0.25) is 0 Å². The van der Waals surface area contributed by atoms with Crippen molar-refractivity contribution in [2.75, 3.05) is 13.2 Å². The minimum Gasteiger partial charge on any atom is -0.597 e. The number of ether oxygens (including phenoxy) is 1. The van der Waals surface area contributed by atoms with Crippen molar-refractivity contribution in [2.45, 2.75) is 64.8 Å². The molecule has 1 N–H and O–H groups in total. The van der Waals surface area contributed by atoms with Crippen molar-refractivity contribution >= 4 is 17.3 Å². The zero-order valence-corrected chi connectivity index (χ0v) is 20.8. The predicted octanol–water partition coefficient (Wildman–Crippen LogP) is 4.39. The average molecular weight is 469 g/mol. The summed E-state index contributed by atoms with van der Waals surface area (Å²) in [5.41, 5.74) is 4.33. The third kappa shape index (κ3) is 5.59. The zero-order chi connectivity index (χ0) is 24.2. The summed E-state index contributed by atoms with van der Waals surface area (Å²) in [6, 6.07) is 9.21. The Morgan fingerprint density at radius 3 is 2.73 bits per heavy atom. The Kier molecular flexibility index (Phi) is 8.19. The first-order valence-corrected chi connectivity index (χ1v) is 12.4. The van der Waals surface area contributed by atoms with Crippen LogP contribution in [0.25, 0.3) is 11.3 Å². The van der Waals surface area contributed by atoms with Crippen LogP contribution in [0.15, 0.2) is 30.3 Å². The fraction of sp³-hybridized carbons (Fsp3) is 0.462. The third-order valence-electron chi connectivity index (χ3n) is 5.32. The van der Waals surface area contributed by atoms with Crippen molar-refractivity contribution in [3.63, 3.8) is 0 Å². The predicted molar refractivity (Wildman–Crippen MR) is 131 cm³/mol. The van der Waals surface area contributed by atoms with Crippen LogP contribution < -0.4 is 0 Å². The van der Waals surface area contributed by atoms with E-state index in [1.54, 1.807) is 13.0 Å². The van der Waals surface area contributed by atoms with Gasteiger partial charge in [-0.05, 0) is 57.9 Å². The molecule has 0 amide bonds. The van der Waals surface area contributed by atoms with Crippen LogP contribution in [0.1, 0.15) is 80.7 Å². The van der Waals surface area contributed by atoms with Crippen LogP contribution in [0.3, 0.4) is 0 Å². The standard InChI is InChI=1S/C26H32N2O4S/c1-6-8-10-18-11-9-12-19(15-18)24-23-20(16-21(27-24)25(30)32-7-2)17-28(22(23)13-14-29)33(31)26(3,4)5/h9,11-12,15-16,22,29H,6-7,13-14,17H2,1-5H3/t22-,33?/m0/s1. The van der Waals surface area contributed by atoms with Gasteiger partial charge < -0.3 is 14.4 Å². The molecule has 1 aliphatic rings. The molecule has 1 aromatic carbocycles. The average Bonchev–Trinajstić information content (AvgIpc) is 3.14. The Morgan fingerprint density at radius 2 is 2.09 bits per heavy atom. The van der Waals surface area contributed by atoms with Crippen molar-refractivity contribution < 1.29 is 19.2 Å². The molecule has 2 aromatic rings. The summed E-state index contributed by atoms with van der Waals surface area (Å²) in [5, 5.41) is 9.83. The van der Waals surface area contributed by atoms with E-state index in [1.165, 1.54) is 0 Å². The van der Waals surface area contributed by atoms with Gasteiger partial charge in [0.25, 0.3) is 0 Å². The minimum atomic E-state index is -1.31. The van der Waals surface area contributed by atoms with Gasteiger partial charge in [0.05, 0.1) is 24.9 Å². The van der Waals surface area contributed by atoms with Gasteiger partial charge in [-0.3, -0.25) is 0 Å². The molecule has 1 aromatic heterocycles. The summed E-state index contributed by atoms with van der Waals surface area (Å²) >= 11 is -1.31. The lowest BCUT2D eigenvalue weighted by Crippen LogP contribution is -2.42. The molecule has 0 spiro atoms. The maximum atomic E-state index is 13.4. The molecule has 6 nitrogen and oxygen atoms in total. The number of pyridine rings is 1. The van der Waals surface area contributed by atoms with Crippen molar-refractivity contribution in [3.8, 4) is 23.1 Å². The molecule has 33 heavy (non-hydrogen) atoms. The molecule has 1 unspecified atom stereocenters. The molecule has 7 heteroatoms. The van der Waals surface area contributed by atoms with Gasteiger partial charge in [-0.2, -0.15) is 0 Å². The first kappa shape index (κ1) is 25.3. The lowest BCUT2D eigenvalue weighted by atomic mass is 9.95. The Morgan fingerprint density at radius 1 is 1.33 bits per heavy atom. The number of hydrogen-bond donors (Lipinski definition) is 1. The second-order valence-electron chi connectivity index (χ2n) is 8.85. The smallest absolute Gasteiger partial charge is 0.356 e. The van der Waals surface area contributed by atoms with E-state index in [4.69, 9.17) is 9.72 Å². The fourth-order valence-electron chi connectivity index (χ4n) is 3.93. The lowest BCUT2D eigenvalue weighted by Gasteiger charge is -2.33. The topological polar surface area (TPSA) is 85.7 Å². The first-order valence-electron chi connectivity index (χ1n) is 11.3. The minimum absolute atomic E-state index is 0.0525. The lowest BCUT2D eigenvalue weighted by molar-refractivity contribution is 0.0519. The van der Waals surface area contributed by atoms with Gasteiger partial charge in [-0.1, -0.05) is 30.9 Å². The van der Waals surface area contributed by atoms with E-state index < -0.39 is 22.1 Å². The number of rotatable bonds is 6. The number of esters is 1. The molecular formula is C26H32N2O4S. The molecule has 0 bridgehead atoms. The van der Waals surface area contributed by atoms with Gasteiger partial charge in [0.1, 0.15) is 10.4 Å². The summed E-state index contributed by atoms with van der Waals surface area (Å²) in [5.74, 6) is 5.74. The summed E-state index contributed by atoms with van der Waals surface area (Å²) < 4.78 is 20.0.